The van der Waals surface area contributed by atoms with Crippen LogP contribution in [0.2, 0.25) is 0 Å². The van der Waals surface area contributed by atoms with E-state index >= 15 is 0 Å². The highest BCUT2D eigenvalue weighted by Crippen LogP contribution is 2.27. The number of rotatable bonds is 3. The molecule has 2 aromatic rings. The molecule has 0 spiro atoms. The molecule has 0 fully saturated rings. The molecule has 1 amide bonds. The van der Waals surface area contributed by atoms with E-state index in [0.717, 1.165) is 16.3 Å². The minimum atomic E-state index is -2.20. The highest BCUT2D eigenvalue weighted by atomic mass is 16.6. The smallest absolute Gasteiger partial charge is 0.407 e. The molecule has 0 radical (unpaired) electrons. The van der Waals surface area contributed by atoms with Crippen LogP contribution in [0.5, 0.6) is 0 Å². The second-order valence-corrected chi connectivity index (χ2v) is 6.31. The molecular weight excluding hydrogens is 310 g/mol. The molecule has 0 aromatic heterocycles. The molecule has 1 aliphatic rings. The Morgan fingerprint density at radius 1 is 1.36 bits per heavy atom. The molecule has 25 heavy (non-hydrogen) atoms. The zero-order valence-corrected chi connectivity index (χ0v) is 14.2. The van der Waals surface area contributed by atoms with Gasteiger partial charge in [0, 0.05) is 16.1 Å². The second kappa shape index (κ2) is 7.44. The number of terminal acetylenes is 1. The van der Waals surface area contributed by atoms with Gasteiger partial charge in [0.1, 0.15) is 6.10 Å². The van der Waals surface area contributed by atoms with E-state index in [0.29, 0.717) is 24.0 Å². The van der Waals surface area contributed by atoms with Gasteiger partial charge in [-0.25, -0.2) is 4.79 Å². The van der Waals surface area contributed by atoms with Gasteiger partial charge < -0.3 is 10.1 Å². The first-order valence-corrected chi connectivity index (χ1v) is 8.43. The first-order chi connectivity index (χ1) is 13.3. The molecule has 1 aliphatic carbocycles. The van der Waals surface area contributed by atoms with Crippen LogP contribution in [-0.2, 0) is 4.74 Å². The van der Waals surface area contributed by atoms with Crippen molar-refractivity contribution >= 4 is 16.9 Å². The van der Waals surface area contributed by atoms with Crippen LogP contribution in [0.25, 0.3) is 10.8 Å². The van der Waals surface area contributed by atoms with Gasteiger partial charge in [0.2, 0.25) is 0 Å². The summed E-state index contributed by atoms with van der Waals surface area (Å²) in [4.78, 5) is 12.4. The summed E-state index contributed by atoms with van der Waals surface area (Å²) >= 11 is 0. The Balaban J connectivity index is 1.66. The number of ether oxygens (including phenoxy) is 1. The monoisotopic (exact) mass is 336 g/mol. The molecule has 2 aromatic carbocycles. The third-order valence-corrected chi connectivity index (χ3v) is 4.58. The van der Waals surface area contributed by atoms with E-state index in [1.807, 2.05) is 49.4 Å². The first-order valence-electron chi connectivity index (χ1n) is 9.93. The molecule has 3 heteroatoms. The van der Waals surface area contributed by atoms with Gasteiger partial charge in [-0.15, -0.1) is 6.42 Å². The van der Waals surface area contributed by atoms with Crippen LogP contribution in [-0.4, -0.2) is 12.2 Å². The maximum absolute atomic E-state index is 12.4. The topological polar surface area (TPSA) is 38.3 Å². The molecular formula is C22H23NO2. The highest BCUT2D eigenvalue weighted by molar-refractivity contribution is 5.86. The number of amides is 1. The summed E-state index contributed by atoms with van der Waals surface area (Å²) < 4.78 is 28.3. The van der Waals surface area contributed by atoms with E-state index in [4.69, 9.17) is 15.3 Å². The molecule has 2 atom stereocenters. The maximum atomic E-state index is 12.4. The van der Waals surface area contributed by atoms with Crippen molar-refractivity contribution in [1.29, 1.82) is 0 Å². The van der Waals surface area contributed by atoms with E-state index < -0.39 is 19.0 Å². The number of carbonyl (C=O) groups excluding carboxylic acids is 1. The van der Waals surface area contributed by atoms with Gasteiger partial charge in [0.25, 0.3) is 0 Å². The summed E-state index contributed by atoms with van der Waals surface area (Å²) in [6, 6.07) is 13.7. The molecule has 0 heterocycles. The van der Waals surface area contributed by atoms with Gasteiger partial charge >= 0.3 is 6.09 Å². The minimum Gasteiger partial charge on any atom is -0.446 e. The molecule has 3 rings (SSSR count). The Kier molecular flexibility index (Phi) is 4.03. The van der Waals surface area contributed by atoms with Crippen molar-refractivity contribution in [3.05, 3.63) is 59.2 Å². The number of allylic oxidation sites excluding steroid dienone is 1. The van der Waals surface area contributed by atoms with Crippen LogP contribution in [0, 0.1) is 12.3 Å². The highest BCUT2D eigenvalue weighted by Gasteiger charge is 2.22. The van der Waals surface area contributed by atoms with E-state index in [-0.39, 0.29) is 12.5 Å². The Labute approximate surface area is 153 Å². The van der Waals surface area contributed by atoms with Crippen LogP contribution in [0.15, 0.2) is 53.6 Å². The normalized spacial score (nSPS) is 20.8. The van der Waals surface area contributed by atoms with Crippen molar-refractivity contribution in [3.8, 4) is 12.3 Å². The standard InChI is InChI=1S/C22H23NO2/c1-4-17-14-19(13-12-15(17)2)25-22(24)23-16(3)20-11-7-9-18-8-5-6-10-21(18)20/h1,5-11,16,19H,12-14H2,2-3H3,(H,23,24)/t16-,19-/m0/s1/i2D3. The van der Waals surface area contributed by atoms with Crippen molar-refractivity contribution < 1.29 is 13.6 Å². The van der Waals surface area contributed by atoms with Gasteiger partial charge in [-0.1, -0.05) is 54.0 Å². The predicted octanol–water partition coefficient (Wildman–Crippen LogP) is 5.13. The van der Waals surface area contributed by atoms with Crippen molar-refractivity contribution in [1.82, 2.24) is 5.32 Å². The molecule has 0 saturated heterocycles. The second-order valence-electron chi connectivity index (χ2n) is 6.31. The van der Waals surface area contributed by atoms with E-state index in [9.17, 15) is 4.79 Å². The van der Waals surface area contributed by atoms with Gasteiger partial charge in [-0.2, -0.15) is 0 Å². The van der Waals surface area contributed by atoms with Crippen LogP contribution >= 0.6 is 0 Å². The fraction of sp³-hybridized carbons (Fsp3) is 0.318. The lowest BCUT2D eigenvalue weighted by Gasteiger charge is -2.25. The summed E-state index contributed by atoms with van der Waals surface area (Å²) in [7, 11) is 0. The molecule has 0 aliphatic heterocycles. The predicted molar refractivity (Wildman–Crippen MR) is 101 cm³/mol. The lowest BCUT2D eigenvalue weighted by Crippen LogP contribution is -2.32. The Morgan fingerprint density at radius 3 is 2.96 bits per heavy atom. The van der Waals surface area contributed by atoms with Crippen LogP contribution in [0.4, 0.5) is 4.79 Å². The summed E-state index contributed by atoms with van der Waals surface area (Å²) in [5, 5.41) is 5.06. The third kappa shape index (κ3) is 3.85. The summed E-state index contributed by atoms with van der Waals surface area (Å²) in [6.07, 6.45) is 5.56. The number of carbonyl (C=O) groups is 1. The summed E-state index contributed by atoms with van der Waals surface area (Å²) in [5.74, 6) is 2.46. The lowest BCUT2D eigenvalue weighted by atomic mass is 9.91. The van der Waals surface area contributed by atoms with Crippen LogP contribution in [0.3, 0.4) is 0 Å². The van der Waals surface area contributed by atoms with Crippen molar-refractivity contribution in [2.45, 2.75) is 45.2 Å². The number of fused-ring (bicyclic) bond motifs is 1. The van der Waals surface area contributed by atoms with E-state index in [1.165, 1.54) is 0 Å². The van der Waals surface area contributed by atoms with Gasteiger partial charge in [0.15, 0.2) is 0 Å². The molecule has 1 N–H and O–H groups in total. The molecule has 3 nitrogen and oxygen atoms in total. The average Bonchev–Trinajstić information content (AvgIpc) is 2.66. The van der Waals surface area contributed by atoms with Crippen molar-refractivity contribution in [3.63, 3.8) is 0 Å². The maximum Gasteiger partial charge on any atom is 0.407 e. The number of benzene rings is 2. The zero-order chi connectivity index (χ0) is 20.3. The first kappa shape index (κ1) is 13.5. The van der Waals surface area contributed by atoms with Crippen molar-refractivity contribution in [2.24, 2.45) is 0 Å². The van der Waals surface area contributed by atoms with Crippen LogP contribution < -0.4 is 5.32 Å². The average molecular weight is 336 g/mol. The van der Waals surface area contributed by atoms with Gasteiger partial charge in [-0.3, -0.25) is 0 Å². The Bertz CT molecular complexity index is 951. The molecule has 0 unspecified atom stereocenters. The molecule has 0 saturated carbocycles. The van der Waals surface area contributed by atoms with Gasteiger partial charge in [0.05, 0.1) is 6.04 Å². The van der Waals surface area contributed by atoms with Crippen molar-refractivity contribution in [2.75, 3.05) is 0 Å². The fourth-order valence-corrected chi connectivity index (χ4v) is 3.22. The number of hydrogen-bond acceptors (Lipinski definition) is 2. The Morgan fingerprint density at radius 2 is 2.16 bits per heavy atom. The number of nitrogens with one attached hydrogen (secondary N) is 1. The van der Waals surface area contributed by atoms with E-state index in [2.05, 4.69) is 11.2 Å². The number of hydrogen-bond donors (Lipinski definition) is 1. The lowest BCUT2D eigenvalue weighted by molar-refractivity contribution is 0.0880. The quantitative estimate of drug-likeness (QED) is 0.789. The van der Waals surface area contributed by atoms with Gasteiger partial charge in [-0.05, 0) is 43.0 Å². The fourth-order valence-electron chi connectivity index (χ4n) is 3.22. The molecule has 128 valence electrons. The summed E-state index contributed by atoms with van der Waals surface area (Å²) in [6.45, 7) is -0.290. The van der Waals surface area contributed by atoms with E-state index in [1.54, 1.807) is 0 Å². The zero-order valence-electron chi connectivity index (χ0n) is 17.2. The molecule has 0 bridgehead atoms. The number of alkyl carbamates (subject to hydrolysis) is 1. The largest absolute Gasteiger partial charge is 0.446 e. The van der Waals surface area contributed by atoms with Crippen LogP contribution in [0.1, 0.15) is 48.8 Å². The Hall–Kier alpha value is -2.73. The third-order valence-electron chi connectivity index (χ3n) is 4.58. The SMILES string of the molecule is [2H]C([2H])([2H])C1=C(C#C)C[C@@H](OC(=O)N[C@@H](C)c2cccc3ccccc23)CC1. The minimum absolute atomic E-state index is 0.234. The summed E-state index contributed by atoms with van der Waals surface area (Å²) in [5.41, 5.74) is 1.73.